The molecule has 0 heterocycles. The second-order valence-electron chi connectivity index (χ2n) is 13.3. The number of phenols is 3. The van der Waals surface area contributed by atoms with Gasteiger partial charge in [-0.1, -0.05) is 89.0 Å². The van der Waals surface area contributed by atoms with Crippen LogP contribution in [-0.2, 0) is 0 Å². The zero-order valence-electron chi connectivity index (χ0n) is 28.3. The van der Waals surface area contributed by atoms with E-state index >= 15 is 0 Å². The Morgan fingerprint density at radius 2 is 0.667 bits per heavy atom. The van der Waals surface area contributed by atoms with Crippen LogP contribution in [0.2, 0.25) is 0 Å². The first kappa shape index (κ1) is 31.9. The van der Waals surface area contributed by atoms with Crippen molar-refractivity contribution >= 4 is 0 Å². The quantitative estimate of drug-likeness (QED) is 0.170. The molecule has 0 aliphatic rings. The Bertz CT molecular complexity index is 1690. The van der Waals surface area contributed by atoms with Gasteiger partial charge < -0.3 is 15.3 Å². The van der Waals surface area contributed by atoms with Crippen molar-refractivity contribution in [3.63, 3.8) is 0 Å². The summed E-state index contributed by atoms with van der Waals surface area (Å²) in [4.78, 5) is 0. The molecule has 0 aromatic heterocycles. The van der Waals surface area contributed by atoms with Crippen molar-refractivity contribution in [2.24, 2.45) is 0 Å². The zero-order valence-corrected chi connectivity index (χ0v) is 28.3. The van der Waals surface area contributed by atoms with Gasteiger partial charge in [-0.05, 0) is 119 Å². The lowest BCUT2D eigenvalue weighted by molar-refractivity contribution is 0.454. The minimum atomic E-state index is -0.420. The lowest BCUT2D eigenvalue weighted by Crippen LogP contribution is -2.13. The third-order valence-electron chi connectivity index (χ3n) is 9.56. The third-order valence-corrected chi connectivity index (χ3v) is 9.56. The van der Waals surface area contributed by atoms with Gasteiger partial charge in [0.05, 0.1) is 0 Å². The standard InChI is InChI=1S/C42H46O3/c1-22-14-26(5)30(9)34(18-22)38(35-19-23(2)15-27(6)40(35)43)32-12-11-13-33(31(32)10)39(36-20-24(3)16-28(7)41(36)44)37-21-25(4)17-29(8)42(37)45/h11-21,38-39,43-45H,1-10H3. The Kier molecular flexibility index (Phi) is 8.60. The van der Waals surface area contributed by atoms with Crippen LogP contribution < -0.4 is 0 Å². The number of aryl methyl sites for hydroxylation is 8. The van der Waals surface area contributed by atoms with E-state index in [1.54, 1.807) is 0 Å². The highest BCUT2D eigenvalue weighted by molar-refractivity contribution is 5.62. The number of benzene rings is 5. The normalized spacial score (nSPS) is 12.2. The number of hydrogen-bond donors (Lipinski definition) is 3. The molecule has 0 aliphatic heterocycles. The van der Waals surface area contributed by atoms with E-state index in [-0.39, 0.29) is 17.4 Å². The van der Waals surface area contributed by atoms with Crippen LogP contribution in [0.1, 0.15) is 101 Å². The molecule has 1 atom stereocenters. The van der Waals surface area contributed by atoms with Crippen LogP contribution in [0, 0.1) is 69.2 Å². The Labute approximate surface area is 268 Å². The summed E-state index contributed by atoms with van der Waals surface area (Å²) in [6.45, 7) is 20.5. The molecule has 0 fully saturated rings. The molecule has 5 rings (SSSR count). The molecule has 0 bridgehead atoms. The highest BCUT2D eigenvalue weighted by Crippen LogP contribution is 2.48. The molecule has 1 unspecified atom stereocenters. The largest absolute Gasteiger partial charge is 0.507 e. The van der Waals surface area contributed by atoms with Crippen molar-refractivity contribution < 1.29 is 15.3 Å². The molecular formula is C42H46O3. The fraction of sp³-hybridized carbons (Fsp3) is 0.286. The smallest absolute Gasteiger partial charge is 0.122 e. The summed E-state index contributed by atoms with van der Waals surface area (Å²) in [6, 6.07) is 23.0. The SMILES string of the molecule is Cc1cc(C)c(C)c(C(c2cccc(C(c3cc(C)cc(C)c3O)c3cc(C)cc(C)c3O)c2C)c2cc(C)cc(C)c2O)c1. The zero-order chi connectivity index (χ0) is 32.9. The molecule has 0 saturated carbocycles. The highest BCUT2D eigenvalue weighted by atomic mass is 16.3. The van der Waals surface area contributed by atoms with E-state index in [1.165, 1.54) is 16.7 Å². The summed E-state index contributed by atoms with van der Waals surface area (Å²) in [5, 5.41) is 34.7. The average Bonchev–Trinajstić information content (AvgIpc) is 2.96. The first-order chi connectivity index (χ1) is 21.2. The van der Waals surface area contributed by atoms with Crippen LogP contribution >= 0.6 is 0 Å². The predicted octanol–water partition coefficient (Wildman–Crippen LogP) is 10.2. The van der Waals surface area contributed by atoms with Gasteiger partial charge in [0.1, 0.15) is 17.2 Å². The van der Waals surface area contributed by atoms with Crippen molar-refractivity contribution in [2.45, 2.75) is 81.1 Å². The molecule has 3 heteroatoms. The van der Waals surface area contributed by atoms with Crippen LogP contribution in [-0.4, -0.2) is 15.3 Å². The number of phenolic OH excluding ortho intramolecular Hbond substituents is 3. The van der Waals surface area contributed by atoms with E-state index in [0.717, 1.165) is 72.3 Å². The van der Waals surface area contributed by atoms with Gasteiger partial charge in [0.2, 0.25) is 0 Å². The number of rotatable bonds is 6. The van der Waals surface area contributed by atoms with E-state index in [4.69, 9.17) is 0 Å². The third kappa shape index (κ3) is 5.84. The summed E-state index contributed by atoms with van der Waals surface area (Å²) < 4.78 is 0. The van der Waals surface area contributed by atoms with Gasteiger partial charge in [-0.15, -0.1) is 0 Å². The lowest BCUT2D eigenvalue weighted by atomic mass is 9.74. The first-order valence-electron chi connectivity index (χ1n) is 15.8. The molecule has 0 spiro atoms. The van der Waals surface area contributed by atoms with Crippen molar-refractivity contribution in [3.8, 4) is 17.2 Å². The molecule has 0 radical (unpaired) electrons. The molecule has 0 aliphatic carbocycles. The number of hydrogen-bond acceptors (Lipinski definition) is 3. The van der Waals surface area contributed by atoms with Crippen molar-refractivity contribution in [1.29, 1.82) is 0 Å². The Morgan fingerprint density at radius 1 is 0.356 bits per heavy atom. The summed E-state index contributed by atoms with van der Waals surface area (Å²) in [5.74, 6) is 0.133. The molecule has 45 heavy (non-hydrogen) atoms. The monoisotopic (exact) mass is 598 g/mol. The van der Waals surface area contributed by atoms with E-state index < -0.39 is 5.92 Å². The minimum absolute atomic E-state index is 0.233. The highest BCUT2D eigenvalue weighted by Gasteiger charge is 2.30. The van der Waals surface area contributed by atoms with E-state index in [1.807, 2.05) is 65.0 Å². The second kappa shape index (κ2) is 12.1. The topological polar surface area (TPSA) is 60.7 Å². The van der Waals surface area contributed by atoms with Gasteiger partial charge in [0, 0.05) is 28.5 Å². The van der Waals surface area contributed by atoms with Crippen molar-refractivity contribution in [2.75, 3.05) is 0 Å². The summed E-state index contributed by atoms with van der Waals surface area (Å²) >= 11 is 0. The van der Waals surface area contributed by atoms with Gasteiger partial charge in [-0.25, -0.2) is 0 Å². The molecule has 232 valence electrons. The van der Waals surface area contributed by atoms with Crippen molar-refractivity contribution in [1.82, 2.24) is 0 Å². The lowest BCUT2D eigenvalue weighted by Gasteiger charge is -2.29. The molecule has 5 aromatic rings. The van der Waals surface area contributed by atoms with Gasteiger partial charge in [-0.3, -0.25) is 0 Å². The molecule has 0 saturated heterocycles. The van der Waals surface area contributed by atoms with Gasteiger partial charge in [0.25, 0.3) is 0 Å². The summed E-state index contributed by atoms with van der Waals surface area (Å²) in [7, 11) is 0. The van der Waals surface area contributed by atoms with Gasteiger partial charge in [-0.2, -0.15) is 0 Å². The van der Waals surface area contributed by atoms with E-state index in [2.05, 4.69) is 71.0 Å². The van der Waals surface area contributed by atoms with Crippen molar-refractivity contribution in [3.05, 3.63) is 156 Å². The number of aromatic hydroxyl groups is 3. The first-order valence-corrected chi connectivity index (χ1v) is 15.8. The molecular weight excluding hydrogens is 552 g/mol. The average molecular weight is 599 g/mol. The molecule has 3 N–H and O–H groups in total. The van der Waals surface area contributed by atoms with Gasteiger partial charge >= 0.3 is 0 Å². The fourth-order valence-corrected chi connectivity index (χ4v) is 7.31. The van der Waals surface area contributed by atoms with E-state index in [0.29, 0.717) is 5.75 Å². The van der Waals surface area contributed by atoms with E-state index in [9.17, 15) is 15.3 Å². The maximum atomic E-state index is 11.6. The Morgan fingerprint density at radius 3 is 1.04 bits per heavy atom. The van der Waals surface area contributed by atoms with Crippen LogP contribution in [0.5, 0.6) is 17.2 Å². The van der Waals surface area contributed by atoms with Crippen LogP contribution in [0.4, 0.5) is 0 Å². The maximum Gasteiger partial charge on any atom is 0.122 e. The van der Waals surface area contributed by atoms with Gasteiger partial charge in [0.15, 0.2) is 0 Å². The minimum Gasteiger partial charge on any atom is -0.507 e. The maximum absolute atomic E-state index is 11.6. The molecule has 3 nitrogen and oxygen atoms in total. The van der Waals surface area contributed by atoms with Crippen LogP contribution in [0.25, 0.3) is 0 Å². The fourth-order valence-electron chi connectivity index (χ4n) is 7.31. The predicted molar refractivity (Wildman–Crippen MR) is 186 cm³/mol. The molecule has 0 amide bonds. The molecule has 5 aromatic carbocycles. The summed E-state index contributed by atoms with van der Waals surface area (Å²) in [6.07, 6.45) is 0. The summed E-state index contributed by atoms with van der Waals surface area (Å²) in [5.41, 5.74) is 15.9. The second-order valence-corrected chi connectivity index (χ2v) is 13.3. The Balaban J connectivity index is 1.89. The Hall–Kier alpha value is -4.50. The van der Waals surface area contributed by atoms with Crippen LogP contribution in [0.15, 0.2) is 66.7 Å². The van der Waals surface area contributed by atoms with Crippen LogP contribution in [0.3, 0.4) is 0 Å².